The first-order valence-corrected chi connectivity index (χ1v) is 7.67. The Bertz CT molecular complexity index is 714. The van der Waals surface area contributed by atoms with Crippen LogP contribution in [0.5, 0.6) is 0 Å². The molecule has 0 aromatic heterocycles. The fourth-order valence-electron chi connectivity index (χ4n) is 2.34. The Balaban J connectivity index is 1.81. The van der Waals surface area contributed by atoms with Crippen molar-refractivity contribution in [3.63, 3.8) is 0 Å². The lowest BCUT2D eigenvalue weighted by atomic mass is 10.1. The van der Waals surface area contributed by atoms with Crippen molar-refractivity contribution >= 4 is 11.8 Å². The highest BCUT2D eigenvalue weighted by Gasteiger charge is 2.16. The van der Waals surface area contributed by atoms with E-state index >= 15 is 0 Å². The summed E-state index contributed by atoms with van der Waals surface area (Å²) in [5.74, 6) is -2.75. The van der Waals surface area contributed by atoms with E-state index < -0.39 is 23.4 Å². The van der Waals surface area contributed by atoms with E-state index in [1.807, 2.05) is 30.3 Å². The van der Waals surface area contributed by atoms with Crippen molar-refractivity contribution in [3.05, 3.63) is 71.3 Å². The molecule has 5 heteroatoms. The number of esters is 1. The molecule has 3 nitrogen and oxygen atoms in total. The maximum Gasteiger partial charge on any atom is 0.306 e. The van der Waals surface area contributed by atoms with Crippen LogP contribution >= 0.6 is 0 Å². The van der Waals surface area contributed by atoms with Gasteiger partial charge >= 0.3 is 5.97 Å². The van der Waals surface area contributed by atoms with E-state index in [4.69, 9.17) is 4.74 Å². The first-order valence-electron chi connectivity index (χ1n) is 7.67. The number of hydrogen-bond donors (Lipinski definition) is 0. The number of hydrogen-bond acceptors (Lipinski definition) is 3. The number of halogens is 2. The van der Waals surface area contributed by atoms with E-state index in [2.05, 4.69) is 0 Å². The average molecular weight is 332 g/mol. The summed E-state index contributed by atoms with van der Waals surface area (Å²) in [5.41, 5.74) is 0.823. The van der Waals surface area contributed by atoms with Gasteiger partial charge in [-0.05, 0) is 24.6 Å². The number of carbonyl (C=O) groups is 2. The van der Waals surface area contributed by atoms with Gasteiger partial charge in [-0.15, -0.1) is 0 Å². The van der Waals surface area contributed by atoms with Gasteiger partial charge in [0.1, 0.15) is 17.7 Å². The van der Waals surface area contributed by atoms with E-state index in [1.165, 1.54) is 0 Å². The van der Waals surface area contributed by atoms with Gasteiger partial charge in [-0.25, -0.2) is 8.78 Å². The van der Waals surface area contributed by atoms with Crippen molar-refractivity contribution in [3.8, 4) is 0 Å². The SMILES string of the molecule is CC(Cc1ccccc1)OC(=O)CCC(=O)c1ccc(F)cc1F. The third kappa shape index (κ3) is 5.26. The molecule has 0 aliphatic rings. The molecule has 0 fully saturated rings. The number of carbonyl (C=O) groups excluding carboxylic acids is 2. The molecule has 0 aliphatic heterocycles. The number of Topliss-reactive ketones (excluding diaryl/α,β-unsaturated/α-hetero) is 1. The molecule has 24 heavy (non-hydrogen) atoms. The van der Waals surface area contributed by atoms with Crippen molar-refractivity contribution in [1.29, 1.82) is 0 Å². The monoisotopic (exact) mass is 332 g/mol. The van der Waals surface area contributed by atoms with Crippen molar-refractivity contribution < 1.29 is 23.1 Å². The molecule has 2 aromatic carbocycles. The third-order valence-corrected chi connectivity index (χ3v) is 3.49. The second kappa shape index (κ2) is 8.34. The molecular weight excluding hydrogens is 314 g/mol. The summed E-state index contributed by atoms with van der Waals surface area (Å²) in [6, 6.07) is 12.3. The van der Waals surface area contributed by atoms with Crippen molar-refractivity contribution in [1.82, 2.24) is 0 Å². The molecule has 0 heterocycles. The van der Waals surface area contributed by atoms with Gasteiger partial charge in [-0.3, -0.25) is 9.59 Å². The minimum absolute atomic E-state index is 0.144. The Morgan fingerprint density at radius 3 is 2.42 bits per heavy atom. The molecular formula is C19H18F2O3. The lowest BCUT2D eigenvalue weighted by Gasteiger charge is -2.13. The standard InChI is InChI=1S/C19H18F2O3/c1-13(11-14-5-3-2-4-6-14)24-19(23)10-9-18(22)16-8-7-15(20)12-17(16)21/h2-8,12-13H,9-11H2,1H3. The fourth-order valence-corrected chi connectivity index (χ4v) is 2.34. The Hall–Kier alpha value is -2.56. The zero-order valence-corrected chi connectivity index (χ0v) is 13.3. The molecule has 1 atom stereocenters. The van der Waals surface area contributed by atoms with Crippen LogP contribution in [-0.4, -0.2) is 17.9 Å². The number of benzene rings is 2. The van der Waals surface area contributed by atoms with Gasteiger partial charge in [-0.1, -0.05) is 30.3 Å². The van der Waals surface area contributed by atoms with Crippen molar-refractivity contribution in [2.75, 3.05) is 0 Å². The highest BCUT2D eigenvalue weighted by atomic mass is 19.1. The van der Waals surface area contributed by atoms with Gasteiger partial charge in [0, 0.05) is 18.9 Å². The molecule has 0 radical (unpaired) electrons. The van der Waals surface area contributed by atoms with Crippen LogP contribution in [0, 0.1) is 11.6 Å². The van der Waals surface area contributed by atoms with Crippen LogP contribution in [0.1, 0.15) is 35.7 Å². The summed E-state index contributed by atoms with van der Waals surface area (Å²) in [6.07, 6.45) is -0.0704. The van der Waals surface area contributed by atoms with Crippen LogP contribution in [0.15, 0.2) is 48.5 Å². The lowest BCUT2D eigenvalue weighted by molar-refractivity contribution is -0.148. The van der Waals surface area contributed by atoms with Crippen LogP contribution in [-0.2, 0) is 16.0 Å². The van der Waals surface area contributed by atoms with Gasteiger partial charge in [0.25, 0.3) is 0 Å². The van der Waals surface area contributed by atoms with E-state index in [0.717, 1.165) is 17.7 Å². The summed E-state index contributed by atoms with van der Waals surface area (Å²) < 4.78 is 31.6. The molecule has 126 valence electrons. The quantitative estimate of drug-likeness (QED) is 0.566. The summed E-state index contributed by atoms with van der Waals surface area (Å²) in [4.78, 5) is 23.7. The first kappa shape index (κ1) is 17.8. The minimum atomic E-state index is -0.925. The van der Waals surface area contributed by atoms with Crippen LogP contribution in [0.25, 0.3) is 0 Å². The van der Waals surface area contributed by atoms with Gasteiger partial charge in [0.2, 0.25) is 0 Å². The van der Waals surface area contributed by atoms with Crippen LogP contribution in [0.4, 0.5) is 8.78 Å². The molecule has 0 spiro atoms. The first-order chi connectivity index (χ1) is 11.5. The third-order valence-electron chi connectivity index (χ3n) is 3.49. The Kier molecular flexibility index (Phi) is 6.18. The van der Waals surface area contributed by atoms with Crippen LogP contribution < -0.4 is 0 Å². The summed E-state index contributed by atoms with van der Waals surface area (Å²) in [6.45, 7) is 1.77. The van der Waals surface area contributed by atoms with E-state index in [-0.39, 0.29) is 24.5 Å². The Morgan fingerprint density at radius 1 is 1.04 bits per heavy atom. The number of ketones is 1. The lowest BCUT2D eigenvalue weighted by Crippen LogP contribution is -2.18. The topological polar surface area (TPSA) is 43.4 Å². The van der Waals surface area contributed by atoms with Crippen LogP contribution in [0.3, 0.4) is 0 Å². The second-order valence-corrected chi connectivity index (χ2v) is 5.54. The molecule has 2 aromatic rings. The molecule has 1 unspecified atom stereocenters. The van der Waals surface area contributed by atoms with E-state index in [0.29, 0.717) is 12.5 Å². The zero-order valence-electron chi connectivity index (χ0n) is 13.3. The van der Waals surface area contributed by atoms with Crippen molar-refractivity contribution in [2.45, 2.75) is 32.3 Å². The molecule has 0 saturated heterocycles. The van der Waals surface area contributed by atoms with Crippen LogP contribution in [0.2, 0.25) is 0 Å². The maximum absolute atomic E-state index is 13.5. The number of rotatable bonds is 7. The zero-order chi connectivity index (χ0) is 17.5. The van der Waals surface area contributed by atoms with Gasteiger partial charge < -0.3 is 4.74 Å². The van der Waals surface area contributed by atoms with E-state index in [9.17, 15) is 18.4 Å². The van der Waals surface area contributed by atoms with Crippen molar-refractivity contribution in [2.24, 2.45) is 0 Å². The Labute approximate surface area is 139 Å². The fraction of sp³-hybridized carbons (Fsp3) is 0.263. The maximum atomic E-state index is 13.5. The molecule has 0 bridgehead atoms. The normalized spacial score (nSPS) is 11.8. The minimum Gasteiger partial charge on any atom is -0.462 e. The average Bonchev–Trinajstić information content (AvgIpc) is 2.53. The molecule has 0 saturated carbocycles. The van der Waals surface area contributed by atoms with Gasteiger partial charge in [0.05, 0.1) is 12.0 Å². The van der Waals surface area contributed by atoms with Gasteiger partial charge in [0.15, 0.2) is 5.78 Å². The molecule has 0 amide bonds. The van der Waals surface area contributed by atoms with Gasteiger partial charge in [-0.2, -0.15) is 0 Å². The largest absolute Gasteiger partial charge is 0.462 e. The van der Waals surface area contributed by atoms with E-state index in [1.54, 1.807) is 6.92 Å². The predicted octanol–water partition coefficient (Wildman–Crippen LogP) is 4.10. The highest BCUT2D eigenvalue weighted by molar-refractivity contribution is 5.97. The summed E-state index contributed by atoms with van der Waals surface area (Å²) in [7, 11) is 0. The second-order valence-electron chi connectivity index (χ2n) is 5.54. The summed E-state index contributed by atoms with van der Waals surface area (Å²) >= 11 is 0. The molecule has 0 N–H and O–H groups in total. The molecule has 0 aliphatic carbocycles. The Morgan fingerprint density at radius 2 is 1.75 bits per heavy atom. The predicted molar refractivity (Wildman–Crippen MR) is 85.6 cm³/mol. The smallest absolute Gasteiger partial charge is 0.306 e. The molecule has 2 rings (SSSR count). The summed E-state index contributed by atoms with van der Waals surface area (Å²) in [5, 5.41) is 0. The highest BCUT2D eigenvalue weighted by Crippen LogP contribution is 2.13. The number of ether oxygens (including phenoxy) is 1.